The summed E-state index contributed by atoms with van der Waals surface area (Å²) >= 11 is 12.6. The third-order valence-corrected chi connectivity index (χ3v) is 7.63. The highest BCUT2D eigenvalue weighted by Gasteiger charge is 2.19. The van der Waals surface area contributed by atoms with Crippen molar-refractivity contribution >= 4 is 45.8 Å². The van der Waals surface area contributed by atoms with Crippen LogP contribution in [0.4, 0.5) is 5.69 Å². The van der Waals surface area contributed by atoms with E-state index in [4.69, 9.17) is 37.4 Å². The fraction of sp³-hybridized carbons (Fsp3) is 0.290. The van der Waals surface area contributed by atoms with E-state index in [1.807, 2.05) is 48.5 Å². The number of ether oxygens (including phenoxy) is 3. The van der Waals surface area contributed by atoms with Gasteiger partial charge in [-0.15, -0.1) is 0 Å². The molecule has 1 aliphatic heterocycles. The zero-order chi connectivity index (χ0) is 27.7. The predicted molar refractivity (Wildman–Crippen MR) is 159 cm³/mol. The molecule has 1 aromatic heterocycles. The second-order valence-electron chi connectivity index (χ2n) is 9.52. The van der Waals surface area contributed by atoms with Crippen molar-refractivity contribution in [2.45, 2.75) is 12.8 Å². The van der Waals surface area contributed by atoms with E-state index in [0.717, 1.165) is 67.9 Å². The average Bonchev–Trinajstić information content (AvgIpc) is 2.99. The van der Waals surface area contributed by atoms with Gasteiger partial charge in [-0.05, 0) is 61.9 Å². The number of carbonyl (C=O) groups is 1. The average molecular weight is 581 g/mol. The summed E-state index contributed by atoms with van der Waals surface area (Å²) in [7, 11) is 0. The number of carbonyl (C=O) groups excluding carboxylic acids is 1. The van der Waals surface area contributed by atoms with Crippen LogP contribution in [0, 0.1) is 0 Å². The smallest absolute Gasteiger partial charge is 0.340 e. The first-order valence-corrected chi connectivity index (χ1v) is 14.1. The van der Waals surface area contributed by atoms with Crippen LogP contribution in [0.25, 0.3) is 10.9 Å². The molecule has 1 saturated heterocycles. The fourth-order valence-corrected chi connectivity index (χ4v) is 5.04. The molecule has 5 rings (SSSR count). The van der Waals surface area contributed by atoms with Crippen LogP contribution in [-0.2, 0) is 4.74 Å². The van der Waals surface area contributed by atoms with E-state index < -0.39 is 5.97 Å². The predicted octanol–water partition coefficient (Wildman–Crippen LogP) is 6.72. The first kappa shape index (κ1) is 28.0. The van der Waals surface area contributed by atoms with Gasteiger partial charge in [0.15, 0.2) is 0 Å². The molecule has 1 fully saturated rings. The highest BCUT2D eigenvalue weighted by Crippen LogP contribution is 2.33. The van der Waals surface area contributed by atoms with Crippen molar-refractivity contribution in [1.29, 1.82) is 0 Å². The number of piperazine rings is 1. The minimum absolute atomic E-state index is 0.216. The molecule has 0 bridgehead atoms. The third-order valence-electron chi connectivity index (χ3n) is 6.83. The van der Waals surface area contributed by atoms with Crippen molar-refractivity contribution < 1.29 is 19.0 Å². The van der Waals surface area contributed by atoms with E-state index >= 15 is 0 Å². The Morgan fingerprint density at radius 3 is 2.48 bits per heavy atom. The van der Waals surface area contributed by atoms with Crippen LogP contribution in [0.15, 0.2) is 78.9 Å². The Morgan fingerprint density at radius 1 is 0.850 bits per heavy atom. The van der Waals surface area contributed by atoms with E-state index in [1.54, 1.807) is 30.3 Å². The number of pyridine rings is 1. The monoisotopic (exact) mass is 579 g/mol. The van der Waals surface area contributed by atoms with Crippen molar-refractivity contribution in [1.82, 2.24) is 9.88 Å². The molecular formula is C31H31Cl2N3O4. The number of nitrogens with zero attached hydrogens (tertiary/aromatic N) is 3. The summed E-state index contributed by atoms with van der Waals surface area (Å²) in [5.74, 6) is 0.699. The number of fused-ring (bicyclic) bond motifs is 1. The second kappa shape index (κ2) is 13.7. The Balaban J connectivity index is 1.02. The zero-order valence-corrected chi connectivity index (χ0v) is 23.6. The van der Waals surface area contributed by atoms with Crippen LogP contribution >= 0.6 is 23.2 Å². The zero-order valence-electron chi connectivity index (χ0n) is 22.1. The van der Waals surface area contributed by atoms with Gasteiger partial charge in [-0.25, -0.2) is 9.78 Å². The van der Waals surface area contributed by atoms with Gasteiger partial charge in [0.05, 0.1) is 33.4 Å². The first-order chi connectivity index (χ1) is 19.6. The number of hydrogen-bond donors (Lipinski definition) is 0. The molecule has 0 N–H and O–H groups in total. The molecular weight excluding hydrogens is 549 g/mol. The number of unbranched alkanes of at least 4 members (excludes halogenated alkanes) is 1. The molecule has 4 aromatic rings. The van der Waals surface area contributed by atoms with Gasteiger partial charge >= 0.3 is 5.97 Å². The SMILES string of the molecule is O=C(OCOc1ccc2ccc(OCCCCN3CCN(c4cccc(Cl)c4Cl)CC3)cc2n1)c1ccccc1. The van der Waals surface area contributed by atoms with E-state index in [1.165, 1.54) is 0 Å². The maximum atomic E-state index is 12.1. The lowest BCUT2D eigenvalue weighted by molar-refractivity contribution is 0.0142. The molecule has 2 heterocycles. The summed E-state index contributed by atoms with van der Waals surface area (Å²) in [5.41, 5.74) is 2.24. The van der Waals surface area contributed by atoms with Crippen LogP contribution in [-0.4, -0.2) is 62.0 Å². The normalized spacial score (nSPS) is 13.8. The van der Waals surface area contributed by atoms with Gasteiger partial charge in [0, 0.05) is 43.7 Å². The number of benzene rings is 3. The third kappa shape index (κ3) is 7.36. The number of hydrogen-bond acceptors (Lipinski definition) is 7. The summed E-state index contributed by atoms with van der Waals surface area (Å²) in [4.78, 5) is 21.4. The quantitative estimate of drug-likeness (QED) is 0.111. The topological polar surface area (TPSA) is 64.1 Å². The van der Waals surface area contributed by atoms with Gasteiger partial charge < -0.3 is 19.1 Å². The van der Waals surface area contributed by atoms with Crippen molar-refractivity contribution in [3.8, 4) is 11.6 Å². The van der Waals surface area contributed by atoms with E-state index in [2.05, 4.69) is 14.8 Å². The Kier molecular flexibility index (Phi) is 9.60. The molecule has 0 unspecified atom stereocenters. The molecule has 0 aliphatic carbocycles. The van der Waals surface area contributed by atoms with Crippen LogP contribution in [0.5, 0.6) is 11.6 Å². The van der Waals surface area contributed by atoms with Gasteiger partial charge in [0.1, 0.15) is 5.75 Å². The molecule has 40 heavy (non-hydrogen) atoms. The summed E-state index contributed by atoms with van der Waals surface area (Å²) in [6, 6.07) is 24.1. The van der Waals surface area contributed by atoms with Crippen LogP contribution in [0.1, 0.15) is 23.2 Å². The molecule has 0 spiro atoms. The summed E-state index contributed by atoms with van der Waals surface area (Å²) < 4.78 is 16.7. The van der Waals surface area contributed by atoms with E-state index in [0.29, 0.717) is 28.1 Å². The highest BCUT2D eigenvalue weighted by atomic mass is 35.5. The van der Waals surface area contributed by atoms with Crippen LogP contribution in [0.3, 0.4) is 0 Å². The summed E-state index contributed by atoms with van der Waals surface area (Å²) in [6.45, 7) is 5.31. The lowest BCUT2D eigenvalue weighted by Gasteiger charge is -2.36. The molecule has 0 amide bonds. The van der Waals surface area contributed by atoms with Crippen molar-refractivity contribution in [3.63, 3.8) is 0 Å². The number of halogens is 2. The van der Waals surface area contributed by atoms with E-state index in [-0.39, 0.29) is 6.79 Å². The fourth-order valence-electron chi connectivity index (χ4n) is 4.63. The molecule has 3 aromatic carbocycles. The molecule has 208 valence electrons. The number of esters is 1. The van der Waals surface area contributed by atoms with Gasteiger partial charge in [0.2, 0.25) is 12.7 Å². The molecule has 0 atom stereocenters. The molecule has 7 nitrogen and oxygen atoms in total. The second-order valence-corrected chi connectivity index (χ2v) is 10.3. The van der Waals surface area contributed by atoms with E-state index in [9.17, 15) is 4.79 Å². The lowest BCUT2D eigenvalue weighted by Crippen LogP contribution is -2.46. The van der Waals surface area contributed by atoms with Crippen molar-refractivity contribution in [2.24, 2.45) is 0 Å². The van der Waals surface area contributed by atoms with Crippen molar-refractivity contribution in [2.75, 3.05) is 51.0 Å². The Labute approximate surface area is 244 Å². The molecule has 1 aliphatic rings. The van der Waals surface area contributed by atoms with Gasteiger partial charge in [0.25, 0.3) is 0 Å². The number of rotatable bonds is 11. The highest BCUT2D eigenvalue weighted by molar-refractivity contribution is 6.43. The Bertz CT molecular complexity index is 1430. The van der Waals surface area contributed by atoms with Gasteiger partial charge in [-0.2, -0.15) is 0 Å². The van der Waals surface area contributed by atoms with Crippen LogP contribution < -0.4 is 14.4 Å². The number of aromatic nitrogens is 1. The molecule has 0 radical (unpaired) electrons. The van der Waals surface area contributed by atoms with Gasteiger partial charge in [-0.1, -0.05) is 47.5 Å². The first-order valence-electron chi connectivity index (χ1n) is 13.4. The largest absolute Gasteiger partial charge is 0.494 e. The summed E-state index contributed by atoms with van der Waals surface area (Å²) in [5, 5.41) is 2.20. The molecule has 0 saturated carbocycles. The van der Waals surface area contributed by atoms with Crippen molar-refractivity contribution in [3.05, 3.63) is 94.5 Å². The Morgan fingerprint density at radius 2 is 1.65 bits per heavy atom. The maximum absolute atomic E-state index is 12.1. The maximum Gasteiger partial charge on any atom is 0.340 e. The minimum atomic E-state index is -0.443. The van der Waals surface area contributed by atoms with Crippen LogP contribution in [0.2, 0.25) is 10.0 Å². The minimum Gasteiger partial charge on any atom is -0.494 e. The summed E-state index contributed by atoms with van der Waals surface area (Å²) in [6.07, 6.45) is 2.02. The van der Waals surface area contributed by atoms with Gasteiger partial charge in [-0.3, -0.25) is 4.90 Å². The lowest BCUT2D eigenvalue weighted by atomic mass is 10.2. The molecule has 9 heteroatoms. The Hall–Kier alpha value is -3.52. The standard InChI is InChI=1S/C31H31Cl2N3O4/c32-26-9-6-10-28(30(26)33)36-18-16-35(17-19-36)15-4-5-20-38-25-13-11-23-12-14-29(34-27(23)21-25)39-22-40-31(37)24-7-2-1-3-8-24/h1-3,6-14,21H,4-5,15-20,22H2. The number of anilines is 1.